The number of nitrogens with one attached hydrogen (secondary N) is 2. The van der Waals surface area contributed by atoms with Crippen molar-refractivity contribution in [2.24, 2.45) is 0 Å². The fourth-order valence-electron chi connectivity index (χ4n) is 4.00. The largest absolute Gasteiger partial charge is 0.493 e. The van der Waals surface area contributed by atoms with Crippen molar-refractivity contribution in [1.29, 1.82) is 0 Å². The molecule has 0 unspecified atom stereocenters. The number of sulfonamides is 1. The second-order valence-electron chi connectivity index (χ2n) is 8.63. The average Bonchev–Trinajstić information content (AvgIpc) is 2.99. The number of benzene rings is 4. The summed E-state index contributed by atoms with van der Waals surface area (Å²) in [4.78, 5) is 26.3. The van der Waals surface area contributed by atoms with Gasteiger partial charge in [0.15, 0.2) is 11.5 Å². The van der Waals surface area contributed by atoms with Gasteiger partial charge in [-0.15, -0.1) is 0 Å². The van der Waals surface area contributed by atoms with Crippen LogP contribution in [-0.2, 0) is 21.4 Å². The molecule has 0 saturated heterocycles. The summed E-state index contributed by atoms with van der Waals surface area (Å²) in [5.41, 5.74) is 1.62. The summed E-state index contributed by atoms with van der Waals surface area (Å²) in [5, 5.41) is 5.55. The van der Waals surface area contributed by atoms with Crippen LogP contribution in [0.2, 0.25) is 0 Å². The van der Waals surface area contributed by atoms with Gasteiger partial charge in [0.25, 0.3) is 15.9 Å². The van der Waals surface area contributed by atoms with Crippen LogP contribution in [0, 0.1) is 0 Å². The Morgan fingerprint density at radius 2 is 1.40 bits per heavy atom. The Balaban J connectivity index is 1.60. The van der Waals surface area contributed by atoms with E-state index in [9.17, 15) is 18.0 Å². The summed E-state index contributed by atoms with van der Waals surface area (Å²) in [6.45, 7) is -0.253. The zero-order chi connectivity index (χ0) is 28.5. The van der Waals surface area contributed by atoms with Gasteiger partial charge in [0, 0.05) is 12.6 Å². The molecule has 0 fully saturated rings. The summed E-state index contributed by atoms with van der Waals surface area (Å²) in [6, 6.07) is 28.3. The summed E-state index contributed by atoms with van der Waals surface area (Å²) >= 11 is 0. The van der Waals surface area contributed by atoms with Crippen LogP contribution in [0.4, 0.5) is 11.4 Å². The molecule has 4 aromatic carbocycles. The molecule has 0 radical (unpaired) electrons. The highest BCUT2D eigenvalue weighted by Gasteiger charge is 2.28. The Hall–Kier alpha value is -4.83. The first-order valence-corrected chi connectivity index (χ1v) is 13.8. The quantitative estimate of drug-likeness (QED) is 0.280. The molecule has 0 heterocycles. The summed E-state index contributed by atoms with van der Waals surface area (Å²) in [6.07, 6.45) is 0. The number of anilines is 2. The van der Waals surface area contributed by atoms with E-state index in [-0.39, 0.29) is 27.7 Å². The molecule has 0 bridgehead atoms. The lowest BCUT2D eigenvalue weighted by atomic mass is 10.1. The van der Waals surface area contributed by atoms with Gasteiger partial charge < -0.3 is 20.1 Å². The standard InChI is InChI=1S/C30H29N3O6S/c1-38-27-18-17-23(19-28(27)39-2)33(40(36,37)24-13-7-4-8-14-24)21-29(34)32-26-16-10-9-15-25(26)30(35)31-20-22-11-5-3-6-12-22/h3-19H,20-21H2,1-2H3,(H,31,35)(H,32,34). The smallest absolute Gasteiger partial charge is 0.264 e. The van der Waals surface area contributed by atoms with E-state index in [1.54, 1.807) is 48.5 Å². The Labute approximate surface area is 233 Å². The fraction of sp³-hybridized carbons (Fsp3) is 0.133. The molecule has 0 saturated carbocycles. The third-order valence-corrected chi connectivity index (χ3v) is 7.80. The molecule has 206 valence electrons. The van der Waals surface area contributed by atoms with Crippen molar-refractivity contribution in [2.45, 2.75) is 11.4 Å². The van der Waals surface area contributed by atoms with Gasteiger partial charge in [-0.25, -0.2) is 8.42 Å². The molecular weight excluding hydrogens is 530 g/mol. The van der Waals surface area contributed by atoms with E-state index in [0.29, 0.717) is 18.0 Å². The first kappa shape index (κ1) is 28.2. The molecular formula is C30H29N3O6S. The zero-order valence-electron chi connectivity index (χ0n) is 22.0. The Kier molecular flexibility index (Phi) is 9.03. The first-order chi connectivity index (χ1) is 19.3. The fourth-order valence-corrected chi connectivity index (χ4v) is 5.43. The van der Waals surface area contributed by atoms with E-state index >= 15 is 0 Å². The molecule has 40 heavy (non-hydrogen) atoms. The molecule has 2 amide bonds. The number of carbonyl (C=O) groups is 2. The normalized spacial score (nSPS) is 10.8. The highest BCUT2D eigenvalue weighted by atomic mass is 32.2. The molecule has 4 aromatic rings. The molecule has 0 aliphatic carbocycles. The molecule has 0 aliphatic rings. The molecule has 0 aromatic heterocycles. The average molecular weight is 560 g/mol. The maximum absolute atomic E-state index is 13.7. The van der Waals surface area contributed by atoms with E-state index < -0.39 is 22.5 Å². The lowest BCUT2D eigenvalue weighted by Gasteiger charge is -2.25. The van der Waals surface area contributed by atoms with Gasteiger partial charge in [-0.1, -0.05) is 60.7 Å². The Morgan fingerprint density at radius 3 is 2.08 bits per heavy atom. The molecule has 0 aliphatic heterocycles. The van der Waals surface area contributed by atoms with Crippen LogP contribution in [0.5, 0.6) is 11.5 Å². The first-order valence-electron chi connectivity index (χ1n) is 12.3. The molecule has 10 heteroatoms. The topological polar surface area (TPSA) is 114 Å². The minimum absolute atomic E-state index is 0.0123. The number of hydrogen-bond acceptors (Lipinski definition) is 6. The SMILES string of the molecule is COc1ccc(N(CC(=O)Nc2ccccc2C(=O)NCc2ccccc2)S(=O)(=O)c2ccccc2)cc1OC. The highest BCUT2D eigenvalue weighted by molar-refractivity contribution is 7.92. The number of ether oxygens (including phenoxy) is 2. The van der Waals surface area contributed by atoms with Crippen LogP contribution in [0.3, 0.4) is 0 Å². The van der Waals surface area contributed by atoms with Gasteiger partial charge in [0.1, 0.15) is 6.54 Å². The molecule has 4 rings (SSSR count). The van der Waals surface area contributed by atoms with Crippen LogP contribution in [0.15, 0.2) is 108 Å². The van der Waals surface area contributed by atoms with E-state index in [1.165, 1.54) is 38.5 Å². The lowest BCUT2D eigenvalue weighted by Crippen LogP contribution is -2.38. The maximum atomic E-state index is 13.7. The summed E-state index contributed by atoms with van der Waals surface area (Å²) in [5.74, 6) is -0.316. The van der Waals surface area contributed by atoms with Crippen LogP contribution in [0.1, 0.15) is 15.9 Å². The maximum Gasteiger partial charge on any atom is 0.264 e. The number of carbonyl (C=O) groups excluding carboxylic acids is 2. The highest BCUT2D eigenvalue weighted by Crippen LogP contribution is 2.33. The zero-order valence-corrected chi connectivity index (χ0v) is 22.9. The third-order valence-electron chi connectivity index (χ3n) is 6.02. The van der Waals surface area contributed by atoms with Crippen molar-refractivity contribution < 1.29 is 27.5 Å². The van der Waals surface area contributed by atoms with Crippen molar-refractivity contribution in [2.75, 3.05) is 30.4 Å². The van der Waals surface area contributed by atoms with Crippen molar-refractivity contribution in [3.63, 3.8) is 0 Å². The second kappa shape index (κ2) is 12.8. The number of methoxy groups -OCH3 is 2. The van der Waals surface area contributed by atoms with Crippen molar-refractivity contribution in [3.8, 4) is 11.5 Å². The summed E-state index contributed by atoms with van der Waals surface area (Å²) < 4.78 is 39.0. The van der Waals surface area contributed by atoms with Crippen molar-refractivity contribution >= 4 is 33.2 Å². The van der Waals surface area contributed by atoms with E-state index in [1.807, 2.05) is 30.3 Å². The van der Waals surface area contributed by atoms with Crippen molar-refractivity contribution in [3.05, 3.63) is 114 Å². The van der Waals surface area contributed by atoms with E-state index in [4.69, 9.17) is 9.47 Å². The minimum Gasteiger partial charge on any atom is -0.493 e. The number of para-hydroxylation sites is 1. The number of nitrogens with zero attached hydrogens (tertiary/aromatic N) is 1. The monoisotopic (exact) mass is 559 g/mol. The van der Waals surface area contributed by atoms with Gasteiger partial charge in [-0.05, 0) is 42.0 Å². The summed E-state index contributed by atoms with van der Waals surface area (Å²) in [7, 11) is -1.25. The number of hydrogen-bond donors (Lipinski definition) is 2. The van der Waals surface area contributed by atoms with Gasteiger partial charge in [0.2, 0.25) is 5.91 Å². The molecule has 0 spiro atoms. The van der Waals surface area contributed by atoms with Gasteiger partial charge in [0.05, 0.1) is 36.1 Å². The number of amides is 2. The van der Waals surface area contributed by atoms with Gasteiger partial charge >= 0.3 is 0 Å². The van der Waals surface area contributed by atoms with Crippen LogP contribution in [0.25, 0.3) is 0 Å². The van der Waals surface area contributed by atoms with Crippen LogP contribution < -0.4 is 24.4 Å². The third kappa shape index (κ3) is 6.59. The minimum atomic E-state index is -4.15. The second-order valence-corrected chi connectivity index (χ2v) is 10.5. The molecule has 2 N–H and O–H groups in total. The molecule has 0 atom stereocenters. The van der Waals surface area contributed by atoms with Crippen LogP contribution >= 0.6 is 0 Å². The van der Waals surface area contributed by atoms with Crippen LogP contribution in [-0.4, -0.2) is 41.0 Å². The Morgan fingerprint density at radius 1 is 0.775 bits per heavy atom. The van der Waals surface area contributed by atoms with E-state index in [0.717, 1.165) is 9.87 Å². The lowest BCUT2D eigenvalue weighted by molar-refractivity contribution is -0.114. The van der Waals surface area contributed by atoms with Crippen molar-refractivity contribution in [1.82, 2.24) is 5.32 Å². The number of rotatable bonds is 11. The predicted octanol–water partition coefficient (Wildman–Crippen LogP) is 4.47. The van der Waals surface area contributed by atoms with E-state index in [2.05, 4.69) is 10.6 Å². The van der Waals surface area contributed by atoms with Gasteiger partial charge in [-0.3, -0.25) is 13.9 Å². The Bertz CT molecular complexity index is 1580. The molecule has 9 nitrogen and oxygen atoms in total. The predicted molar refractivity (Wildman–Crippen MR) is 153 cm³/mol. The van der Waals surface area contributed by atoms with Gasteiger partial charge in [-0.2, -0.15) is 0 Å².